The SMILES string of the molecule is CC1CC(NCC2Cc3ccccc3N2)C1. The second-order valence-electron chi connectivity index (χ2n) is 5.38. The molecule has 0 saturated heterocycles. The predicted molar refractivity (Wildman–Crippen MR) is 67.7 cm³/mol. The molecular formula is C14H20N2. The number of hydrogen-bond acceptors (Lipinski definition) is 2. The Bertz CT molecular complexity index is 344. The first-order valence-corrected chi connectivity index (χ1v) is 6.39. The Labute approximate surface area is 97.4 Å². The molecule has 2 aliphatic rings. The van der Waals surface area contributed by atoms with Crippen molar-refractivity contribution in [3.05, 3.63) is 29.8 Å². The summed E-state index contributed by atoms with van der Waals surface area (Å²) < 4.78 is 0. The summed E-state index contributed by atoms with van der Waals surface area (Å²) in [6, 6.07) is 10.0. The zero-order chi connectivity index (χ0) is 11.0. The zero-order valence-electron chi connectivity index (χ0n) is 9.87. The highest BCUT2D eigenvalue weighted by Gasteiger charge is 2.26. The third-order valence-electron chi connectivity index (χ3n) is 3.87. The molecule has 0 radical (unpaired) electrons. The van der Waals surface area contributed by atoms with Gasteiger partial charge in [0, 0.05) is 24.3 Å². The van der Waals surface area contributed by atoms with Gasteiger partial charge in [0.2, 0.25) is 0 Å². The van der Waals surface area contributed by atoms with Gasteiger partial charge in [-0.25, -0.2) is 0 Å². The van der Waals surface area contributed by atoms with Crippen LogP contribution in [0.5, 0.6) is 0 Å². The number of hydrogen-bond donors (Lipinski definition) is 2. The van der Waals surface area contributed by atoms with E-state index in [-0.39, 0.29) is 0 Å². The summed E-state index contributed by atoms with van der Waals surface area (Å²) in [4.78, 5) is 0. The molecule has 1 heterocycles. The minimum atomic E-state index is 0.591. The highest BCUT2D eigenvalue weighted by molar-refractivity contribution is 5.56. The molecule has 0 amide bonds. The lowest BCUT2D eigenvalue weighted by Gasteiger charge is -2.34. The van der Waals surface area contributed by atoms with E-state index >= 15 is 0 Å². The maximum Gasteiger partial charge on any atom is 0.0427 e. The van der Waals surface area contributed by atoms with E-state index in [0.717, 1.165) is 18.5 Å². The lowest BCUT2D eigenvalue weighted by Crippen LogP contribution is -2.44. The van der Waals surface area contributed by atoms with E-state index in [1.54, 1.807) is 0 Å². The first-order chi connectivity index (χ1) is 7.81. The molecule has 2 nitrogen and oxygen atoms in total. The Balaban J connectivity index is 1.49. The minimum absolute atomic E-state index is 0.591. The number of anilines is 1. The maximum absolute atomic E-state index is 3.66. The molecule has 86 valence electrons. The van der Waals surface area contributed by atoms with Crippen LogP contribution in [0.4, 0.5) is 5.69 Å². The van der Waals surface area contributed by atoms with Crippen molar-refractivity contribution in [2.75, 3.05) is 11.9 Å². The first-order valence-electron chi connectivity index (χ1n) is 6.39. The quantitative estimate of drug-likeness (QED) is 0.811. The van der Waals surface area contributed by atoms with Gasteiger partial charge in [0.25, 0.3) is 0 Å². The molecule has 1 fully saturated rings. The number of fused-ring (bicyclic) bond motifs is 1. The molecule has 2 heteroatoms. The van der Waals surface area contributed by atoms with E-state index in [9.17, 15) is 0 Å². The zero-order valence-corrected chi connectivity index (χ0v) is 9.87. The van der Waals surface area contributed by atoms with Crippen molar-refractivity contribution in [2.24, 2.45) is 5.92 Å². The van der Waals surface area contributed by atoms with E-state index in [1.165, 1.54) is 30.5 Å². The molecule has 1 aliphatic carbocycles. The van der Waals surface area contributed by atoms with Gasteiger partial charge < -0.3 is 10.6 Å². The van der Waals surface area contributed by atoms with Crippen LogP contribution in [0.2, 0.25) is 0 Å². The van der Waals surface area contributed by atoms with Crippen LogP contribution in [0, 0.1) is 5.92 Å². The smallest absolute Gasteiger partial charge is 0.0427 e. The number of rotatable bonds is 3. The second-order valence-corrected chi connectivity index (χ2v) is 5.38. The monoisotopic (exact) mass is 216 g/mol. The van der Waals surface area contributed by atoms with Crippen LogP contribution in [0.1, 0.15) is 25.3 Å². The molecule has 1 aromatic carbocycles. The normalized spacial score (nSPS) is 31.7. The van der Waals surface area contributed by atoms with Gasteiger partial charge in [-0.1, -0.05) is 25.1 Å². The molecular weight excluding hydrogens is 196 g/mol. The van der Waals surface area contributed by atoms with Crippen LogP contribution in [0.3, 0.4) is 0 Å². The van der Waals surface area contributed by atoms with Crippen molar-refractivity contribution in [2.45, 2.75) is 38.3 Å². The molecule has 1 aliphatic heterocycles. The van der Waals surface area contributed by atoms with E-state index in [4.69, 9.17) is 0 Å². The third-order valence-corrected chi connectivity index (χ3v) is 3.87. The van der Waals surface area contributed by atoms with Crippen molar-refractivity contribution >= 4 is 5.69 Å². The summed E-state index contributed by atoms with van der Waals surface area (Å²) in [7, 11) is 0. The van der Waals surface area contributed by atoms with Crippen molar-refractivity contribution in [3.8, 4) is 0 Å². The molecule has 1 unspecified atom stereocenters. The first kappa shape index (κ1) is 10.2. The van der Waals surface area contributed by atoms with Crippen LogP contribution in [0.15, 0.2) is 24.3 Å². The lowest BCUT2D eigenvalue weighted by atomic mass is 9.82. The Morgan fingerprint density at radius 3 is 2.88 bits per heavy atom. The van der Waals surface area contributed by atoms with Crippen LogP contribution in [-0.4, -0.2) is 18.6 Å². The Morgan fingerprint density at radius 2 is 2.12 bits per heavy atom. The largest absolute Gasteiger partial charge is 0.380 e. The fourth-order valence-electron chi connectivity index (χ4n) is 2.88. The topological polar surface area (TPSA) is 24.1 Å². The molecule has 3 rings (SSSR count). The predicted octanol–water partition coefficient (Wildman–Crippen LogP) is 2.41. The van der Waals surface area contributed by atoms with Gasteiger partial charge in [0.1, 0.15) is 0 Å². The van der Waals surface area contributed by atoms with E-state index in [0.29, 0.717) is 6.04 Å². The Hall–Kier alpha value is -1.02. The van der Waals surface area contributed by atoms with E-state index < -0.39 is 0 Å². The molecule has 1 atom stereocenters. The number of para-hydroxylation sites is 1. The molecule has 2 N–H and O–H groups in total. The number of nitrogens with one attached hydrogen (secondary N) is 2. The lowest BCUT2D eigenvalue weighted by molar-refractivity contribution is 0.240. The van der Waals surface area contributed by atoms with E-state index in [2.05, 4.69) is 41.8 Å². The van der Waals surface area contributed by atoms with Crippen LogP contribution in [-0.2, 0) is 6.42 Å². The fraction of sp³-hybridized carbons (Fsp3) is 0.571. The van der Waals surface area contributed by atoms with Gasteiger partial charge in [0.15, 0.2) is 0 Å². The number of benzene rings is 1. The molecule has 0 spiro atoms. The second kappa shape index (κ2) is 4.10. The van der Waals surface area contributed by atoms with E-state index in [1.807, 2.05) is 0 Å². The molecule has 0 bridgehead atoms. The van der Waals surface area contributed by atoms with Crippen molar-refractivity contribution < 1.29 is 0 Å². The molecule has 1 aromatic rings. The van der Waals surface area contributed by atoms with Crippen LogP contribution in [0.25, 0.3) is 0 Å². The summed E-state index contributed by atoms with van der Waals surface area (Å²) in [5, 5.41) is 7.25. The van der Waals surface area contributed by atoms with Gasteiger partial charge in [0.05, 0.1) is 0 Å². The average molecular weight is 216 g/mol. The van der Waals surface area contributed by atoms with Gasteiger partial charge in [-0.3, -0.25) is 0 Å². The van der Waals surface area contributed by atoms with Gasteiger partial charge >= 0.3 is 0 Å². The Morgan fingerprint density at radius 1 is 1.31 bits per heavy atom. The summed E-state index contributed by atoms with van der Waals surface area (Å²) >= 11 is 0. The van der Waals surface area contributed by atoms with Gasteiger partial charge in [-0.05, 0) is 36.8 Å². The standard InChI is InChI=1S/C14H20N2/c1-10-6-12(7-10)15-9-13-8-11-4-2-3-5-14(11)16-13/h2-5,10,12-13,15-16H,6-9H2,1H3. The highest BCUT2D eigenvalue weighted by atomic mass is 15.0. The van der Waals surface area contributed by atoms with Crippen LogP contribution >= 0.6 is 0 Å². The summed E-state index contributed by atoms with van der Waals surface area (Å²) in [6.07, 6.45) is 3.89. The molecule has 0 aromatic heterocycles. The average Bonchev–Trinajstić information content (AvgIpc) is 2.65. The minimum Gasteiger partial charge on any atom is -0.380 e. The van der Waals surface area contributed by atoms with Crippen LogP contribution < -0.4 is 10.6 Å². The molecule has 1 saturated carbocycles. The van der Waals surface area contributed by atoms with Gasteiger partial charge in [-0.15, -0.1) is 0 Å². The summed E-state index contributed by atoms with van der Waals surface area (Å²) in [5.41, 5.74) is 2.80. The molecule has 16 heavy (non-hydrogen) atoms. The Kier molecular flexibility index (Phi) is 2.60. The fourth-order valence-corrected chi connectivity index (χ4v) is 2.88. The summed E-state index contributed by atoms with van der Waals surface area (Å²) in [5.74, 6) is 0.936. The van der Waals surface area contributed by atoms with Crippen molar-refractivity contribution in [1.82, 2.24) is 5.32 Å². The maximum atomic E-state index is 3.66. The van der Waals surface area contributed by atoms with Gasteiger partial charge in [-0.2, -0.15) is 0 Å². The third kappa shape index (κ3) is 1.94. The summed E-state index contributed by atoms with van der Waals surface area (Å²) in [6.45, 7) is 3.44. The highest BCUT2D eigenvalue weighted by Crippen LogP contribution is 2.28. The van der Waals surface area contributed by atoms with Crippen molar-refractivity contribution in [3.63, 3.8) is 0 Å². The van der Waals surface area contributed by atoms with Crippen molar-refractivity contribution in [1.29, 1.82) is 0 Å².